The Morgan fingerprint density at radius 1 is 1.50 bits per heavy atom. The SMILES string of the molecule is CC(O)c1cc(Cl)ccc1OCc1cn2ccsc2n1. The van der Waals surface area contributed by atoms with E-state index in [1.807, 2.05) is 22.2 Å². The standard InChI is InChI=1S/C14H13ClN2O2S/c1-9(18)12-6-10(15)2-3-13(12)19-8-11-7-17-4-5-20-14(17)16-11/h2-7,9,18H,8H2,1H3. The smallest absolute Gasteiger partial charge is 0.193 e. The number of imidazole rings is 1. The fourth-order valence-corrected chi connectivity index (χ4v) is 2.87. The number of fused-ring (bicyclic) bond motifs is 1. The number of aliphatic hydroxyl groups excluding tert-OH is 1. The third-order valence-corrected chi connectivity index (χ3v) is 3.95. The lowest BCUT2D eigenvalue weighted by atomic mass is 10.1. The van der Waals surface area contributed by atoms with Crippen molar-refractivity contribution in [1.82, 2.24) is 9.38 Å². The monoisotopic (exact) mass is 308 g/mol. The fourth-order valence-electron chi connectivity index (χ4n) is 1.97. The predicted octanol–water partition coefficient (Wildman–Crippen LogP) is 3.68. The molecule has 6 heteroatoms. The number of thiazole rings is 1. The first kappa shape index (κ1) is 13.4. The molecule has 0 spiro atoms. The highest BCUT2D eigenvalue weighted by atomic mass is 35.5. The Balaban J connectivity index is 1.79. The van der Waals surface area contributed by atoms with Crippen molar-refractivity contribution in [3.63, 3.8) is 0 Å². The van der Waals surface area contributed by atoms with Crippen LogP contribution in [0.3, 0.4) is 0 Å². The molecule has 0 amide bonds. The molecule has 0 fully saturated rings. The maximum atomic E-state index is 9.75. The summed E-state index contributed by atoms with van der Waals surface area (Å²) in [4.78, 5) is 5.39. The minimum absolute atomic E-state index is 0.357. The summed E-state index contributed by atoms with van der Waals surface area (Å²) in [7, 11) is 0. The average Bonchev–Trinajstić information content (AvgIpc) is 2.97. The second-order valence-electron chi connectivity index (χ2n) is 4.47. The van der Waals surface area contributed by atoms with Gasteiger partial charge in [-0.1, -0.05) is 11.6 Å². The topological polar surface area (TPSA) is 46.8 Å². The van der Waals surface area contributed by atoms with Gasteiger partial charge in [-0.25, -0.2) is 4.98 Å². The van der Waals surface area contributed by atoms with E-state index in [0.29, 0.717) is 22.9 Å². The maximum Gasteiger partial charge on any atom is 0.193 e. The van der Waals surface area contributed by atoms with Crippen molar-refractivity contribution in [2.45, 2.75) is 19.6 Å². The Hall–Kier alpha value is -1.56. The summed E-state index contributed by atoms with van der Waals surface area (Å²) in [6.45, 7) is 2.04. The molecule has 0 bridgehead atoms. The molecule has 1 N–H and O–H groups in total. The molecule has 3 aromatic rings. The Kier molecular flexibility index (Phi) is 3.65. The van der Waals surface area contributed by atoms with Crippen LogP contribution >= 0.6 is 22.9 Å². The van der Waals surface area contributed by atoms with Crippen molar-refractivity contribution in [2.75, 3.05) is 0 Å². The first-order chi connectivity index (χ1) is 9.63. The van der Waals surface area contributed by atoms with E-state index >= 15 is 0 Å². The molecule has 4 nitrogen and oxygen atoms in total. The Labute approximate surface area is 125 Å². The van der Waals surface area contributed by atoms with Gasteiger partial charge in [0.05, 0.1) is 11.8 Å². The van der Waals surface area contributed by atoms with E-state index in [4.69, 9.17) is 16.3 Å². The number of aromatic nitrogens is 2. The van der Waals surface area contributed by atoms with Crippen molar-refractivity contribution in [2.24, 2.45) is 0 Å². The van der Waals surface area contributed by atoms with Gasteiger partial charge in [-0.05, 0) is 25.1 Å². The lowest BCUT2D eigenvalue weighted by Crippen LogP contribution is -2.01. The number of nitrogens with zero attached hydrogens (tertiary/aromatic N) is 2. The van der Waals surface area contributed by atoms with Gasteiger partial charge in [-0.2, -0.15) is 0 Å². The number of benzene rings is 1. The van der Waals surface area contributed by atoms with Crippen LogP contribution in [0.4, 0.5) is 0 Å². The molecule has 0 saturated carbocycles. The highest BCUT2D eigenvalue weighted by molar-refractivity contribution is 7.15. The van der Waals surface area contributed by atoms with Gasteiger partial charge in [0.25, 0.3) is 0 Å². The highest BCUT2D eigenvalue weighted by Gasteiger charge is 2.11. The van der Waals surface area contributed by atoms with Crippen LogP contribution in [0.2, 0.25) is 5.02 Å². The number of aliphatic hydroxyl groups is 1. The van der Waals surface area contributed by atoms with Gasteiger partial charge in [0, 0.05) is 28.4 Å². The number of ether oxygens (including phenoxy) is 1. The molecule has 0 aliphatic carbocycles. The molecule has 1 atom stereocenters. The highest BCUT2D eigenvalue weighted by Crippen LogP contribution is 2.29. The van der Waals surface area contributed by atoms with Gasteiger partial charge in [-0.3, -0.25) is 4.40 Å². The largest absolute Gasteiger partial charge is 0.487 e. The molecule has 20 heavy (non-hydrogen) atoms. The average molecular weight is 309 g/mol. The first-order valence-corrected chi connectivity index (χ1v) is 7.40. The number of hydrogen-bond donors (Lipinski definition) is 1. The van der Waals surface area contributed by atoms with E-state index in [0.717, 1.165) is 10.7 Å². The van der Waals surface area contributed by atoms with Crippen LogP contribution in [0.25, 0.3) is 4.96 Å². The summed E-state index contributed by atoms with van der Waals surface area (Å²) < 4.78 is 7.71. The minimum Gasteiger partial charge on any atom is -0.487 e. The van der Waals surface area contributed by atoms with E-state index < -0.39 is 6.10 Å². The van der Waals surface area contributed by atoms with Crippen LogP contribution in [0.5, 0.6) is 5.75 Å². The molecule has 0 aliphatic heterocycles. The molecule has 2 heterocycles. The van der Waals surface area contributed by atoms with Crippen LogP contribution in [0.1, 0.15) is 24.3 Å². The normalized spacial score (nSPS) is 12.8. The number of rotatable bonds is 4. The Bertz CT molecular complexity index is 707. The van der Waals surface area contributed by atoms with Crippen LogP contribution in [0.15, 0.2) is 36.0 Å². The first-order valence-electron chi connectivity index (χ1n) is 6.15. The summed E-state index contributed by atoms with van der Waals surface area (Å²) in [5.74, 6) is 0.626. The molecule has 104 valence electrons. The molecular weight excluding hydrogens is 296 g/mol. The summed E-state index contributed by atoms with van der Waals surface area (Å²) >= 11 is 7.51. The number of hydrogen-bond acceptors (Lipinski definition) is 4. The van der Waals surface area contributed by atoms with E-state index in [1.54, 1.807) is 36.5 Å². The Morgan fingerprint density at radius 2 is 2.35 bits per heavy atom. The lowest BCUT2D eigenvalue weighted by molar-refractivity contribution is 0.190. The fraction of sp³-hybridized carbons (Fsp3) is 0.214. The van der Waals surface area contributed by atoms with Crippen LogP contribution in [0, 0.1) is 0 Å². The van der Waals surface area contributed by atoms with Crippen molar-refractivity contribution >= 4 is 27.9 Å². The minimum atomic E-state index is -0.630. The van der Waals surface area contributed by atoms with Crippen LogP contribution < -0.4 is 4.74 Å². The van der Waals surface area contributed by atoms with Gasteiger partial charge in [0.1, 0.15) is 12.4 Å². The molecular formula is C14H13ClN2O2S. The second kappa shape index (κ2) is 5.44. The zero-order chi connectivity index (χ0) is 14.1. The van der Waals surface area contributed by atoms with Crippen molar-refractivity contribution in [3.05, 3.63) is 52.3 Å². The van der Waals surface area contributed by atoms with Gasteiger partial charge < -0.3 is 9.84 Å². The zero-order valence-electron chi connectivity index (χ0n) is 10.8. The quantitative estimate of drug-likeness (QED) is 0.799. The van der Waals surface area contributed by atoms with Crippen LogP contribution in [-0.2, 0) is 6.61 Å². The van der Waals surface area contributed by atoms with E-state index in [-0.39, 0.29) is 0 Å². The van der Waals surface area contributed by atoms with E-state index in [1.165, 1.54) is 0 Å². The summed E-state index contributed by atoms with van der Waals surface area (Å²) in [5.41, 5.74) is 1.53. The molecule has 1 aromatic carbocycles. The molecule has 0 saturated heterocycles. The third kappa shape index (κ3) is 2.65. The third-order valence-electron chi connectivity index (χ3n) is 2.94. The Morgan fingerprint density at radius 3 is 3.10 bits per heavy atom. The molecule has 1 unspecified atom stereocenters. The lowest BCUT2D eigenvalue weighted by Gasteiger charge is -2.13. The van der Waals surface area contributed by atoms with Crippen molar-refractivity contribution in [1.29, 1.82) is 0 Å². The molecule has 0 radical (unpaired) electrons. The van der Waals surface area contributed by atoms with Crippen LogP contribution in [-0.4, -0.2) is 14.5 Å². The zero-order valence-corrected chi connectivity index (χ0v) is 12.4. The van der Waals surface area contributed by atoms with Gasteiger partial charge in [0.2, 0.25) is 0 Å². The summed E-state index contributed by atoms with van der Waals surface area (Å²) in [6.07, 6.45) is 3.26. The number of halogens is 1. The summed E-state index contributed by atoms with van der Waals surface area (Å²) in [6, 6.07) is 5.23. The van der Waals surface area contributed by atoms with Gasteiger partial charge >= 0.3 is 0 Å². The van der Waals surface area contributed by atoms with E-state index in [9.17, 15) is 5.11 Å². The molecule has 3 rings (SSSR count). The predicted molar refractivity (Wildman–Crippen MR) is 79.5 cm³/mol. The summed E-state index contributed by atoms with van der Waals surface area (Å²) in [5, 5.41) is 12.3. The maximum absolute atomic E-state index is 9.75. The van der Waals surface area contributed by atoms with Gasteiger partial charge in [-0.15, -0.1) is 11.3 Å². The van der Waals surface area contributed by atoms with Gasteiger partial charge in [0.15, 0.2) is 4.96 Å². The van der Waals surface area contributed by atoms with Crippen molar-refractivity contribution < 1.29 is 9.84 Å². The molecule has 2 aromatic heterocycles. The van der Waals surface area contributed by atoms with Crippen molar-refractivity contribution in [3.8, 4) is 5.75 Å². The second-order valence-corrected chi connectivity index (χ2v) is 5.78. The molecule has 0 aliphatic rings. The van der Waals surface area contributed by atoms with E-state index in [2.05, 4.69) is 4.98 Å².